The van der Waals surface area contributed by atoms with Gasteiger partial charge in [-0.15, -0.1) is 0 Å². The molecular weight excluding hydrogens is 226 g/mol. The van der Waals surface area contributed by atoms with Gasteiger partial charge in [-0.3, -0.25) is 4.90 Å². The number of methoxy groups -OCH3 is 1. The summed E-state index contributed by atoms with van der Waals surface area (Å²) in [7, 11) is 3.99. The van der Waals surface area contributed by atoms with Gasteiger partial charge >= 0.3 is 0 Å². The summed E-state index contributed by atoms with van der Waals surface area (Å²) in [4.78, 5) is 4.99. The highest BCUT2D eigenvalue weighted by atomic mass is 16.5. The number of hydrogen-bond donors (Lipinski definition) is 1. The molecule has 0 aromatic rings. The second kappa shape index (κ2) is 6.85. The highest BCUT2D eigenvalue weighted by Crippen LogP contribution is 2.22. The van der Waals surface area contributed by atoms with E-state index in [4.69, 9.17) is 10.5 Å². The minimum Gasteiger partial charge on any atom is -0.379 e. The van der Waals surface area contributed by atoms with Crippen LogP contribution in [0.15, 0.2) is 0 Å². The first-order valence-corrected chi connectivity index (χ1v) is 7.09. The standard InChI is InChI=1S/C14H31N3O/c1-12-11-16(4)7-6-8-17(12)13(10-15)9-14(2,3)18-5/h12-13H,6-11,15H2,1-5H3. The molecule has 0 bridgehead atoms. The van der Waals surface area contributed by atoms with Gasteiger partial charge in [-0.2, -0.15) is 0 Å². The van der Waals surface area contributed by atoms with E-state index in [0.717, 1.165) is 19.5 Å². The minimum absolute atomic E-state index is 0.0953. The average Bonchev–Trinajstić information content (AvgIpc) is 2.47. The Hall–Kier alpha value is -0.160. The fourth-order valence-corrected chi connectivity index (χ4v) is 2.92. The van der Waals surface area contributed by atoms with E-state index in [-0.39, 0.29) is 5.60 Å². The van der Waals surface area contributed by atoms with Crippen molar-refractivity contribution in [3.63, 3.8) is 0 Å². The van der Waals surface area contributed by atoms with E-state index in [1.807, 2.05) is 0 Å². The number of ether oxygens (including phenoxy) is 1. The van der Waals surface area contributed by atoms with E-state index in [9.17, 15) is 0 Å². The Labute approximate surface area is 112 Å². The normalized spacial score (nSPS) is 26.0. The van der Waals surface area contributed by atoms with Crippen LogP contribution in [0.2, 0.25) is 0 Å². The number of nitrogens with zero attached hydrogens (tertiary/aromatic N) is 2. The lowest BCUT2D eigenvalue weighted by Crippen LogP contribution is -2.50. The van der Waals surface area contributed by atoms with Gasteiger partial charge in [0.05, 0.1) is 5.60 Å². The molecule has 4 nitrogen and oxygen atoms in total. The molecule has 0 aromatic carbocycles. The van der Waals surface area contributed by atoms with Crippen LogP contribution in [0.4, 0.5) is 0 Å². The number of hydrogen-bond acceptors (Lipinski definition) is 4. The molecule has 0 saturated carbocycles. The van der Waals surface area contributed by atoms with Gasteiger partial charge < -0.3 is 15.4 Å². The highest BCUT2D eigenvalue weighted by molar-refractivity contribution is 4.86. The molecule has 0 aliphatic carbocycles. The van der Waals surface area contributed by atoms with Crippen LogP contribution < -0.4 is 5.73 Å². The number of likely N-dealkylation sites (N-methyl/N-ethyl adjacent to an activating group) is 1. The van der Waals surface area contributed by atoms with Gasteiger partial charge in [0.15, 0.2) is 0 Å². The summed E-state index contributed by atoms with van der Waals surface area (Å²) >= 11 is 0. The SMILES string of the molecule is COC(C)(C)CC(CN)N1CCCN(C)CC1C. The summed E-state index contributed by atoms with van der Waals surface area (Å²) in [6.45, 7) is 10.8. The topological polar surface area (TPSA) is 41.7 Å². The maximum Gasteiger partial charge on any atom is 0.0638 e. The monoisotopic (exact) mass is 257 g/mol. The third kappa shape index (κ3) is 4.50. The van der Waals surface area contributed by atoms with E-state index in [2.05, 4.69) is 37.6 Å². The fraction of sp³-hybridized carbons (Fsp3) is 1.00. The van der Waals surface area contributed by atoms with Crippen LogP contribution in [0, 0.1) is 0 Å². The molecule has 108 valence electrons. The quantitative estimate of drug-likeness (QED) is 0.802. The summed E-state index contributed by atoms with van der Waals surface area (Å²) in [6.07, 6.45) is 2.22. The van der Waals surface area contributed by atoms with Gasteiger partial charge in [-0.25, -0.2) is 0 Å². The predicted molar refractivity (Wildman–Crippen MR) is 76.8 cm³/mol. The van der Waals surface area contributed by atoms with Gasteiger partial charge in [0.1, 0.15) is 0 Å². The van der Waals surface area contributed by atoms with Crippen molar-refractivity contribution in [2.24, 2.45) is 5.73 Å². The van der Waals surface area contributed by atoms with Crippen molar-refractivity contribution >= 4 is 0 Å². The van der Waals surface area contributed by atoms with Crippen LogP contribution in [0.5, 0.6) is 0 Å². The van der Waals surface area contributed by atoms with Gasteiger partial charge in [0.25, 0.3) is 0 Å². The van der Waals surface area contributed by atoms with Crippen molar-refractivity contribution in [1.29, 1.82) is 0 Å². The van der Waals surface area contributed by atoms with E-state index in [1.165, 1.54) is 13.0 Å². The van der Waals surface area contributed by atoms with Crippen molar-refractivity contribution in [3.05, 3.63) is 0 Å². The van der Waals surface area contributed by atoms with Gasteiger partial charge in [0.2, 0.25) is 0 Å². The molecule has 0 amide bonds. The minimum atomic E-state index is -0.0953. The molecular formula is C14H31N3O. The lowest BCUT2D eigenvalue weighted by Gasteiger charge is -2.38. The predicted octanol–water partition coefficient (Wildman–Crippen LogP) is 1.15. The Morgan fingerprint density at radius 2 is 2.06 bits per heavy atom. The van der Waals surface area contributed by atoms with Crippen LogP contribution in [-0.2, 0) is 4.74 Å². The lowest BCUT2D eigenvalue weighted by molar-refractivity contribution is -0.0126. The molecule has 1 saturated heterocycles. The number of rotatable bonds is 5. The van der Waals surface area contributed by atoms with Crippen molar-refractivity contribution in [2.75, 3.05) is 40.3 Å². The first-order chi connectivity index (χ1) is 8.39. The summed E-state index contributed by atoms with van der Waals surface area (Å²) in [6, 6.07) is 0.986. The molecule has 1 heterocycles. The summed E-state index contributed by atoms with van der Waals surface area (Å²) in [5.41, 5.74) is 5.91. The maximum atomic E-state index is 6.00. The molecule has 1 fully saturated rings. The molecule has 2 atom stereocenters. The van der Waals surface area contributed by atoms with Crippen LogP contribution >= 0.6 is 0 Å². The third-order valence-corrected chi connectivity index (χ3v) is 4.12. The molecule has 2 N–H and O–H groups in total. The van der Waals surface area contributed by atoms with Crippen molar-refractivity contribution in [2.45, 2.75) is 51.3 Å². The molecule has 18 heavy (non-hydrogen) atoms. The zero-order valence-electron chi connectivity index (χ0n) is 12.8. The Balaban J connectivity index is 2.68. The third-order valence-electron chi connectivity index (χ3n) is 4.12. The largest absolute Gasteiger partial charge is 0.379 e. The summed E-state index contributed by atoms with van der Waals surface area (Å²) in [5, 5.41) is 0. The van der Waals surface area contributed by atoms with Gasteiger partial charge in [-0.05, 0) is 47.2 Å². The van der Waals surface area contributed by atoms with Gasteiger partial charge in [-0.1, -0.05) is 0 Å². The molecule has 1 aliphatic heterocycles. The molecule has 4 heteroatoms. The molecule has 2 unspecified atom stereocenters. The Morgan fingerprint density at radius 3 is 2.61 bits per heavy atom. The van der Waals surface area contributed by atoms with Crippen molar-refractivity contribution in [1.82, 2.24) is 9.80 Å². The highest BCUT2D eigenvalue weighted by Gasteiger charge is 2.30. The maximum absolute atomic E-state index is 6.00. The van der Waals surface area contributed by atoms with Crippen molar-refractivity contribution < 1.29 is 4.74 Å². The van der Waals surface area contributed by atoms with E-state index < -0.39 is 0 Å². The second-order valence-electron chi connectivity index (χ2n) is 6.26. The van der Waals surface area contributed by atoms with E-state index in [1.54, 1.807) is 7.11 Å². The molecule has 0 aromatic heterocycles. The molecule has 1 rings (SSSR count). The zero-order valence-corrected chi connectivity index (χ0v) is 12.8. The Bertz CT molecular complexity index is 245. The second-order valence-corrected chi connectivity index (χ2v) is 6.26. The summed E-state index contributed by atoms with van der Waals surface area (Å²) in [5.74, 6) is 0. The smallest absolute Gasteiger partial charge is 0.0638 e. The Morgan fingerprint density at radius 1 is 1.39 bits per heavy atom. The van der Waals surface area contributed by atoms with Crippen LogP contribution in [0.1, 0.15) is 33.6 Å². The van der Waals surface area contributed by atoms with E-state index in [0.29, 0.717) is 18.6 Å². The van der Waals surface area contributed by atoms with E-state index >= 15 is 0 Å². The Kier molecular flexibility index (Phi) is 6.05. The first-order valence-electron chi connectivity index (χ1n) is 7.09. The summed E-state index contributed by atoms with van der Waals surface area (Å²) < 4.78 is 5.56. The van der Waals surface area contributed by atoms with Crippen LogP contribution in [0.3, 0.4) is 0 Å². The lowest BCUT2D eigenvalue weighted by atomic mass is 9.96. The number of nitrogens with two attached hydrogens (primary N) is 1. The average molecular weight is 257 g/mol. The van der Waals surface area contributed by atoms with Gasteiger partial charge in [0, 0.05) is 38.8 Å². The van der Waals surface area contributed by atoms with Crippen LogP contribution in [-0.4, -0.2) is 67.8 Å². The zero-order chi connectivity index (χ0) is 13.8. The molecule has 1 aliphatic rings. The fourth-order valence-electron chi connectivity index (χ4n) is 2.92. The van der Waals surface area contributed by atoms with Crippen LogP contribution in [0.25, 0.3) is 0 Å². The van der Waals surface area contributed by atoms with Crippen molar-refractivity contribution in [3.8, 4) is 0 Å². The molecule has 0 radical (unpaired) electrons. The molecule has 0 spiro atoms. The first kappa shape index (κ1) is 15.9.